The molecule has 0 unspecified atom stereocenters. The van der Waals surface area contributed by atoms with E-state index in [0.29, 0.717) is 16.3 Å². The minimum absolute atomic E-state index is 0.156. The monoisotopic (exact) mass is 318 g/mol. The van der Waals surface area contributed by atoms with Crippen LogP contribution in [0.4, 0.5) is 13.2 Å². The second kappa shape index (κ2) is 5.03. The Bertz CT molecular complexity index is 810. The van der Waals surface area contributed by atoms with Crippen molar-refractivity contribution in [2.24, 2.45) is 0 Å². The van der Waals surface area contributed by atoms with E-state index in [0.717, 1.165) is 12.1 Å². The molecular formula is C13H9F3O4S. The average Bonchev–Trinajstić information content (AvgIpc) is 2.36. The zero-order valence-corrected chi connectivity index (χ0v) is 11.5. The standard InChI is InChI=1S/C13H9F3O4S/c1-8(17)9-2-3-11-7-12(5-4-10(11)6-9)20-21(18,19)13(14,15)16/h2-7H,1H3. The Morgan fingerprint density at radius 1 is 1.05 bits per heavy atom. The summed E-state index contributed by atoms with van der Waals surface area (Å²) in [6.45, 7) is 1.38. The lowest BCUT2D eigenvalue weighted by Crippen LogP contribution is -2.28. The Balaban J connectivity index is 2.41. The number of alkyl halides is 3. The fourth-order valence-corrected chi connectivity index (χ4v) is 2.12. The molecule has 0 heterocycles. The Hall–Kier alpha value is -2.09. The molecule has 0 amide bonds. The molecule has 21 heavy (non-hydrogen) atoms. The van der Waals surface area contributed by atoms with E-state index >= 15 is 0 Å². The van der Waals surface area contributed by atoms with Crippen LogP contribution in [0, 0.1) is 0 Å². The van der Waals surface area contributed by atoms with Crippen LogP contribution in [0.25, 0.3) is 10.8 Å². The van der Waals surface area contributed by atoms with Crippen LogP contribution in [-0.2, 0) is 10.1 Å². The zero-order valence-electron chi connectivity index (χ0n) is 10.6. The maximum atomic E-state index is 12.2. The number of halogens is 3. The van der Waals surface area contributed by atoms with Gasteiger partial charge in [-0.1, -0.05) is 18.2 Å². The Kier molecular flexibility index (Phi) is 3.66. The van der Waals surface area contributed by atoms with Gasteiger partial charge in [-0.05, 0) is 35.9 Å². The van der Waals surface area contributed by atoms with Gasteiger partial charge in [0.15, 0.2) is 5.78 Å². The van der Waals surface area contributed by atoms with Crippen LogP contribution in [0.3, 0.4) is 0 Å². The molecule has 0 N–H and O–H groups in total. The summed E-state index contributed by atoms with van der Waals surface area (Å²) in [5, 5.41) is 1.04. The van der Waals surface area contributed by atoms with Crippen molar-refractivity contribution in [1.82, 2.24) is 0 Å². The van der Waals surface area contributed by atoms with Gasteiger partial charge in [-0.15, -0.1) is 0 Å². The first-order valence-electron chi connectivity index (χ1n) is 5.66. The van der Waals surface area contributed by atoms with Crippen LogP contribution < -0.4 is 4.18 Å². The normalized spacial score (nSPS) is 12.4. The maximum Gasteiger partial charge on any atom is 0.534 e. The lowest BCUT2D eigenvalue weighted by Gasteiger charge is -2.10. The van der Waals surface area contributed by atoms with E-state index in [2.05, 4.69) is 4.18 Å². The second-order valence-corrected chi connectivity index (χ2v) is 5.80. The van der Waals surface area contributed by atoms with Crippen LogP contribution in [-0.4, -0.2) is 19.7 Å². The molecule has 0 aliphatic rings. The minimum Gasteiger partial charge on any atom is -0.376 e. The lowest BCUT2D eigenvalue weighted by molar-refractivity contribution is -0.0500. The third kappa shape index (κ3) is 3.15. The molecule has 0 spiro atoms. The Labute approximate surface area is 118 Å². The molecule has 0 fully saturated rings. The highest BCUT2D eigenvalue weighted by Crippen LogP contribution is 2.29. The number of hydrogen-bond donors (Lipinski definition) is 0. The lowest BCUT2D eigenvalue weighted by atomic mass is 10.0. The fourth-order valence-electron chi connectivity index (χ4n) is 1.67. The molecule has 0 atom stereocenters. The van der Waals surface area contributed by atoms with Gasteiger partial charge in [0.25, 0.3) is 0 Å². The van der Waals surface area contributed by atoms with Gasteiger partial charge in [0, 0.05) is 5.56 Å². The SMILES string of the molecule is CC(=O)c1ccc2cc(OS(=O)(=O)C(F)(F)F)ccc2c1. The molecule has 2 aromatic carbocycles. The summed E-state index contributed by atoms with van der Waals surface area (Å²) in [6, 6.07) is 8.17. The quantitative estimate of drug-likeness (QED) is 0.495. The molecule has 0 bridgehead atoms. The van der Waals surface area contributed by atoms with Crippen LogP contribution in [0.2, 0.25) is 0 Å². The van der Waals surface area contributed by atoms with Gasteiger partial charge in [-0.2, -0.15) is 21.6 Å². The number of benzene rings is 2. The summed E-state index contributed by atoms with van der Waals surface area (Å²) in [6.07, 6.45) is 0. The number of hydrogen-bond acceptors (Lipinski definition) is 4. The molecule has 112 valence electrons. The third-order valence-electron chi connectivity index (χ3n) is 2.71. The summed E-state index contributed by atoms with van der Waals surface area (Å²) < 4.78 is 62.5. The van der Waals surface area contributed by atoms with Crippen LogP contribution in [0.5, 0.6) is 5.75 Å². The molecule has 0 radical (unpaired) electrons. The maximum absolute atomic E-state index is 12.2. The molecular weight excluding hydrogens is 309 g/mol. The van der Waals surface area contributed by atoms with E-state index in [9.17, 15) is 26.4 Å². The van der Waals surface area contributed by atoms with Crippen molar-refractivity contribution in [1.29, 1.82) is 0 Å². The van der Waals surface area contributed by atoms with Gasteiger partial charge < -0.3 is 4.18 Å². The number of Topliss-reactive ketones (excluding diaryl/α,β-unsaturated/α-hetero) is 1. The summed E-state index contributed by atoms with van der Waals surface area (Å²) >= 11 is 0. The predicted octanol–water partition coefficient (Wildman–Crippen LogP) is 3.27. The van der Waals surface area contributed by atoms with E-state index in [1.807, 2.05) is 0 Å². The van der Waals surface area contributed by atoms with Gasteiger partial charge >= 0.3 is 15.6 Å². The average molecular weight is 318 g/mol. The Morgan fingerprint density at radius 2 is 1.62 bits per heavy atom. The summed E-state index contributed by atoms with van der Waals surface area (Å²) in [5.74, 6) is -0.604. The van der Waals surface area contributed by atoms with Gasteiger partial charge in [0.05, 0.1) is 0 Å². The smallest absolute Gasteiger partial charge is 0.376 e. The highest BCUT2D eigenvalue weighted by atomic mass is 32.2. The first-order chi connectivity index (χ1) is 9.60. The number of ketones is 1. The number of carbonyl (C=O) groups is 1. The molecule has 8 heteroatoms. The number of carbonyl (C=O) groups excluding carboxylic acids is 1. The minimum atomic E-state index is -5.70. The topological polar surface area (TPSA) is 60.4 Å². The van der Waals surface area contributed by atoms with E-state index < -0.39 is 21.4 Å². The predicted molar refractivity (Wildman–Crippen MR) is 69.6 cm³/mol. The molecule has 4 nitrogen and oxygen atoms in total. The van der Waals surface area contributed by atoms with Crippen LogP contribution in [0.1, 0.15) is 17.3 Å². The van der Waals surface area contributed by atoms with Crippen molar-refractivity contribution in [3.63, 3.8) is 0 Å². The van der Waals surface area contributed by atoms with Crippen molar-refractivity contribution in [2.75, 3.05) is 0 Å². The second-order valence-electron chi connectivity index (χ2n) is 4.26. The van der Waals surface area contributed by atoms with Crippen molar-refractivity contribution < 1.29 is 30.6 Å². The summed E-state index contributed by atoms with van der Waals surface area (Å²) in [5.41, 5.74) is -5.04. The molecule has 2 aromatic rings. The largest absolute Gasteiger partial charge is 0.534 e. The third-order valence-corrected chi connectivity index (χ3v) is 3.69. The molecule has 0 aliphatic heterocycles. The number of rotatable bonds is 3. The zero-order chi connectivity index (χ0) is 15.8. The summed E-state index contributed by atoms with van der Waals surface area (Å²) in [4.78, 5) is 11.2. The van der Waals surface area contributed by atoms with Crippen molar-refractivity contribution in [2.45, 2.75) is 12.4 Å². The molecule has 0 saturated carbocycles. The van der Waals surface area contributed by atoms with E-state index in [-0.39, 0.29) is 5.78 Å². The highest BCUT2D eigenvalue weighted by Gasteiger charge is 2.48. The highest BCUT2D eigenvalue weighted by molar-refractivity contribution is 7.88. The van der Waals surface area contributed by atoms with Crippen LogP contribution in [0.15, 0.2) is 36.4 Å². The number of fused-ring (bicyclic) bond motifs is 1. The fraction of sp³-hybridized carbons (Fsp3) is 0.154. The van der Waals surface area contributed by atoms with Gasteiger partial charge in [0.1, 0.15) is 5.75 Å². The van der Waals surface area contributed by atoms with Gasteiger partial charge in [0.2, 0.25) is 0 Å². The van der Waals surface area contributed by atoms with Crippen molar-refractivity contribution in [3.05, 3.63) is 42.0 Å². The first-order valence-corrected chi connectivity index (χ1v) is 7.06. The van der Waals surface area contributed by atoms with Crippen LogP contribution >= 0.6 is 0 Å². The van der Waals surface area contributed by atoms with E-state index in [1.165, 1.54) is 25.1 Å². The molecule has 0 saturated heterocycles. The molecule has 0 aromatic heterocycles. The van der Waals surface area contributed by atoms with E-state index in [4.69, 9.17) is 0 Å². The van der Waals surface area contributed by atoms with Gasteiger partial charge in [-0.3, -0.25) is 4.79 Å². The van der Waals surface area contributed by atoms with Gasteiger partial charge in [-0.25, -0.2) is 0 Å². The van der Waals surface area contributed by atoms with Crippen molar-refractivity contribution >= 4 is 26.7 Å². The molecule has 0 aliphatic carbocycles. The van der Waals surface area contributed by atoms with Crippen molar-refractivity contribution in [3.8, 4) is 5.75 Å². The molecule has 2 rings (SSSR count). The van der Waals surface area contributed by atoms with E-state index in [1.54, 1.807) is 6.07 Å². The Morgan fingerprint density at radius 3 is 2.19 bits per heavy atom. The first kappa shape index (κ1) is 15.3. The summed E-state index contributed by atoms with van der Waals surface area (Å²) in [7, 11) is -5.70.